The summed E-state index contributed by atoms with van der Waals surface area (Å²) in [5.41, 5.74) is 0. The number of carbonyl (C=O) groups excluding carboxylic acids is 1. The molecule has 0 aliphatic carbocycles. The van der Waals surface area contributed by atoms with Gasteiger partial charge in [0.05, 0.1) is 0 Å². The van der Waals surface area contributed by atoms with E-state index in [4.69, 9.17) is 26.2 Å². The molecule has 0 atom stereocenters. The Morgan fingerprint density at radius 1 is 1.18 bits per heavy atom. The van der Waals surface area contributed by atoms with Gasteiger partial charge in [-0.05, 0) is 35.7 Å². The van der Waals surface area contributed by atoms with Crippen LogP contribution in [0.2, 0.25) is 5.02 Å². The zero-order valence-electron chi connectivity index (χ0n) is 11.2. The molecule has 2 aromatic rings. The van der Waals surface area contributed by atoms with Crippen LogP contribution in [0.25, 0.3) is 0 Å². The minimum absolute atomic E-state index is 0.0244. The Bertz CT molecular complexity index is 755. The molecule has 118 valence electrons. The number of ether oxygens (including phenoxy) is 2. The smallest absolute Gasteiger partial charge is 0.349 e. The first-order valence-corrected chi connectivity index (χ1v) is 8.84. The molecule has 0 fully saturated rings. The second-order valence-electron chi connectivity index (χ2n) is 4.10. The number of sulfonamides is 1. The maximum absolute atomic E-state index is 11.8. The van der Waals surface area contributed by atoms with E-state index in [1.807, 2.05) is 0 Å². The Hall–Kier alpha value is -1.61. The lowest BCUT2D eigenvalue weighted by molar-refractivity contribution is 0.0452. The van der Waals surface area contributed by atoms with Crippen molar-refractivity contribution in [2.24, 2.45) is 5.14 Å². The average molecular weight is 362 g/mol. The van der Waals surface area contributed by atoms with Crippen molar-refractivity contribution in [2.45, 2.75) is 4.90 Å². The predicted molar refractivity (Wildman–Crippen MR) is 82.9 cm³/mol. The summed E-state index contributed by atoms with van der Waals surface area (Å²) in [5.74, 6) is -0.166. The zero-order valence-corrected chi connectivity index (χ0v) is 13.6. The summed E-state index contributed by atoms with van der Waals surface area (Å²) in [6.45, 7) is 0.104. The number of rotatable bonds is 6. The molecular formula is C13H12ClNO5S2. The second-order valence-corrected chi connectivity index (χ2v) is 6.98. The number of nitrogens with two attached hydrogens (primary N) is 1. The number of primary sulfonamides is 1. The van der Waals surface area contributed by atoms with E-state index >= 15 is 0 Å². The fourth-order valence-electron chi connectivity index (χ4n) is 1.56. The highest BCUT2D eigenvalue weighted by Gasteiger charge is 2.21. The van der Waals surface area contributed by atoms with Gasteiger partial charge in [-0.15, -0.1) is 11.3 Å². The van der Waals surface area contributed by atoms with Crippen LogP contribution in [-0.4, -0.2) is 27.6 Å². The summed E-state index contributed by atoms with van der Waals surface area (Å²) < 4.78 is 32.9. The molecule has 0 bridgehead atoms. The van der Waals surface area contributed by atoms with Crippen molar-refractivity contribution >= 4 is 38.9 Å². The third-order valence-corrected chi connectivity index (χ3v) is 4.75. The molecule has 1 aromatic heterocycles. The van der Waals surface area contributed by atoms with Crippen molar-refractivity contribution in [1.29, 1.82) is 0 Å². The molecule has 0 spiro atoms. The van der Waals surface area contributed by atoms with Crippen molar-refractivity contribution in [1.82, 2.24) is 0 Å². The molecule has 0 saturated carbocycles. The molecule has 22 heavy (non-hydrogen) atoms. The molecule has 0 aliphatic rings. The average Bonchev–Trinajstić information content (AvgIpc) is 2.95. The number of halogens is 1. The van der Waals surface area contributed by atoms with Gasteiger partial charge in [-0.1, -0.05) is 11.6 Å². The molecule has 0 aliphatic heterocycles. The van der Waals surface area contributed by atoms with Crippen LogP contribution in [0.5, 0.6) is 5.75 Å². The van der Waals surface area contributed by atoms with Gasteiger partial charge in [-0.2, -0.15) is 0 Å². The van der Waals surface area contributed by atoms with Gasteiger partial charge < -0.3 is 9.47 Å². The van der Waals surface area contributed by atoms with E-state index in [-0.39, 0.29) is 23.0 Å². The minimum atomic E-state index is -3.95. The number of thiophene rings is 1. The van der Waals surface area contributed by atoms with Crippen molar-refractivity contribution in [2.75, 3.05) is 13.2 Å². The predicted octanol–water partition coefficient (Wildman–Crippen LogP) is 2.28. The van der Waals surface area contributed by atoms with Crippen LogP contribution in [0.15, 0.2) is 40.6 Å². The normalized spacial score (nSPS) is 11.2. The standard InChI is InChI=1S/C13H12ClNO5S2/c14-9-1-3-10(4-2-9)19-6-7-20-13(16)12-11(5-8-21-12)22(15,17)18/h1-5,8H,6-7H2,(H2,15,17,18). The lowest BCUT2D eigenvalue weighted by Crippen LogP contribution is -2.17. The quantitative estimate of drug-likeness (QED) is 0.629. The van der Waals surface area contributed by atoms with Gasteiger partial charge in [0, 0.05) is 5.02 Å². The number of hydrogen-bond acceptors (Lipinski definition) is 6. The highest BCUT2D eigenvalue weighted by molar-refractivity contribution is 7.89. The van der Waals surface area contributed by atoms with Crippen LogP contribution in [0.4, 0.5) is 0 Å². The van der Waals surface area contributed by atoms with Crippen LogP contribution in [-0.2, 0) is 14.8 Å². The lowest BCUT2D eigenvalue weighted by atomic mass is 10.3. The van der Waals surface area contributed by atoms with E-state index in [1.165, 1.54) is 11.4 Å². The van der Waals surface area contributed by atoms with E-state index in [0.717, 1.165) is 11.3 Å². The van der Waals surface area contributed by atoms with Crippen LogP contribution in [0.1, 0.15) is 9.67 Å². The molecular weight excluding hydrogens is 350 g/mol. The topological polar surface area (TPSA) is 95.7 Å². The third-order valence-electron chi connectivity index (χ3n) is 2.52. The third kappa shape index (κ3) is 4.44. The first-order valence-electron chi connectivity index (χ1n) is 6.04. The van der Waals surface area contributed by atoms with E-state index in [0.29, 0.717) is 10.8 Å². The molecule has 0 amide bonds. The number of benzene rings is 1. The van der Waals surface area contributed by atoms with E-state index in [9.17, 15) is 13.2 Å². The van der Waals surface area contributed by atoms with Gasteiger partial charge in [0.15, 0.2) is 0 Å². The monoisotopic (exact) mass is 361 g/mol. The van der Waals surface area contributed by atoms with E-state index in [1.54, 1.807) is 24.3 Å². The van der Waals surface area contributed by atoms with Gasteiger partial charge in [0.2, 0.25) is 10.0 Å². The summed E-state index contributed by atoms with van der Waals surface area (Å²) in [7, 11) is -3.95. The van der Waals surface area contributed by atoms with Crippen molar-refractivity contribution in [3.05, 3.63) is 45.6 Å². The van der Waals surface area contributed by atoms with Crippen LogP contribution in [0, 0.1) is 0 Å². The van der Waals surface area contributed by atoms with Gasteiger partial charge >= 0.3 is 5.97 Å². The lowest BCUT2D eigenvalue weighted by Gasteiger charge is -2.07. The Labute approximate surface area is 136 Å². The van der Waals surface area contributed by atoms with Gasteiger partial charge in [0.25, 0.3) is 0 Å². The van der Waals surface area contributed by atoms with Crippen LogP contribution in [0.3, 0.4) is 0 Å². The fourth-order valence-corrected chi connectivity index (χ4v) is 3.54. The molecule has 2 rings (SSSR count). The van der Waals surface area contributed by atoms with E-state index < -0.39 is 16.0 Å². The zero-order chi connectivity index (χ0) is 16.2. The summed E-state index contributed by atoms with van der Waals surface area (Å²) in [5, 5.41) is 7.07. The van der Waals surface area contributed by atoms with Crippen molar-refractivity contribution in [3.63, 3.8) is 0 Å². The highest BCUT2D eigenvalue weighted by atomic mass is 35.5. The van der Waals surface area contributed by atoms with Crippen LogP contribution < -0.4 is 9.88 Å². The molecule has 1 heterocycles. The number of hydrogen-bond donors (Lipinski definition) is 1. The first-order chi connectivity index (χ1) is 10.4. The SMILES string of the molecule is NS(=O)(=O)c1ccsc1C(=O)OCCOc1ccc(Cl)cc1. The fraction of sp³-hybridized carbons (Fsp3) is 0.154. The van der Waals surface area contributed by atoms with Crippen LogP contribution >= 0.6 is 22.9 Å². The Morgan fingerprint density at radius 2 is 1.86 bits per heavy atom. The van der Waals surface area contributed by atoms with Crippen molar-refractivity contribution < 1.29 is 22.7 Å². The van der Waals surface area contributed by atoms with Gasteiger partial charge in [0.1, 0.15) is 28.7 Å². The highest BCUT2D eigenvalue weighted by Crippen LogP contribution is 2.21. The first kappa shape index (κ1) is 16.8. The molecule has 9 heteroatoms. The maximum atomic E-state index is 11.8. The Morgan fingerprint density at radius 3 is 2.50 bits per heavy atom. The second kappa shape index (κ2) is 7.10. The minimum Gasteiger partial charge on any atom is -0.490 e. The molecule has 6 nitrogen and oxygen atoms in total. The number of carbonyl (C=O) groups is 1. The van der Waals surface area contributed by atoms with Gasteiger partial charge in [-0.25, -0.2) is 18.4 Å². The Balaban J connectivity index is 1.86. The molecule has 0 saturated heterocycles. The molecule has 0 unspecified atom stereocenters. The summed E-state index contributed by atoms with van der Waals surface area (Å²) in [6, 6.07) is 7.98. The summed E-state index contributed by atoms with van der Waals surface area (Å²) in [6.07, 6.45) is 0. The van der Waals surface area contributed by atoms with E-state index in [2.05, 4.69) is 0 Å². The molecule has 1 aromatic carbocycles. The largest absolute Gasteiger partial charge is 0.490 e. The Kier molecular flexibility index (Phi) is 5.41. The number of esters is 1. The summed E-state index contributed by atoms with van der Waals surface area (Å²) >= 11 is 6.69. The molecule has 2 N–H and O–H groups in total. The van der Waals surface area contributed by atoms with Crippen molar-refractivity contribution in [3.8, 4) is 5.75 Å². The van der Waals surface area contributed by atoms with Gasteiger partial charge in [-0.3, -0.25) is 0 Å². The maximum Gasteiger partial charge on any atom is 0.349 e. The summed E-state index contributed by atoms with van der Waals surface area (Å²) in [4.78, 5) is 11.5. The molecule has 0 radical (unpaired) electrons.